The summed E-state index contributed by atoms with van der Waals surface area (Å²) in [6, 6.07) is 6.81. The molecule has 3 rings (SSSR count). The highest BCUT2D eigenvalue weighted by Gasteiger charge is 2.22. The Balaban J connectivity index is 1.68. The molecule has 0 aliphatic carbocycles. The lowest BCUT2D eigenvalue weighted by atomic mass is 10.0. The van der Waals surface area contributed by atoms with E-state index < -0.39 is 0 Å². The smallest absolute Gasteiger partial charge is 0.0410 e. The van der Waals surface area contributed by atoms with Crippen molar-refractivity contribution >= 4 is 35.1 Å². The number of hydrogen-bond acceptors (Lipinski definition) is 3. The van der Waals surface area contributed by atoms with Gasteiger partial charge in [0.05, 0.1) is 0 Å². The molecule has 1 saturated heterocycles. The molecule has 1 aromatic carbocycles. The average Bonchev–Trinajstić information content (AvgIpc) is 2.89. The van der Waals surface area contributed by atoms with Gasteiger partial charge in [-0.1, -0.05) is 11.6 Å². The Morgan fingerprint density at radius 1 is 1.28 bits per heavy atom. The number of benzene rings is 1. The highest BCUT2D eigenvalue weighted by Crippen LogP contribution is 2.38. The van der Waals surface area contributed by atoms with Crippen LogP contribution in [0.4, 0.5) is 0 Å². The molecule has 2 heterocycles. The Morgan fingerprint density at radius 2 is 2.22 bits per heavy atom. The molecule has 2 atom stereocenters. The number of nitrogens with one attached hydrogen (secondary N) is 1. The molecule has 1 N–H and O–H groups in total. The second-order valence-electron chi connectivity index (χ2n) is 4.92. The first-order valence-electron chi connectivity index (χ1n) is 6.60. The van der Waals surface area contributed by atoms with Crippen molar-refractivity contribution in [3.05, 3.63) is 28.8 Å². The lowest BCUT2D eigenvalue weighted by Crippen LogP contribution is -2.30. The van der Waals surface area contributed by atoms with Crippen molar-refractivity contribution in [3.8, 4) is 0 Å². The van der Waals surface area contributed by atoms with Gasteiger partial charge in [-0.05, 0) is 54.5 Å². The molecule has 0 radical (unpaired) electrons. The van der Waals surface area contributed by atoms with Crippen LogP contribution in [0.2, 0.25) is 5.02 Å². The zero-order chi connectivity index (χ0) is 12.4. The Labute approximate surface area is 122 Å². The number of rotatable bonds is 3. The first-order valence-corrected chi connectivity index (χ1v) is 9.01. The average molecular weight is 300 g/mol. The molecule has 0 amide bonds. The zero-order valence-corrected chi connectivity index (χ0v) is 12.7. The molecule has 1 aromatic rings. The third-order valence-corrected chi connectivity index (χ3v) is 6.38. The number of thioether (sulfide) groups is 2. The number of fused-ring (bicyclic) bond motifs is 1. The van der Waals surface area contributed by atoms with E-state index in [0.29, 0.717) is 6.04 Å². The molecule has 1 fully saturated rings. The fourth-order valence-corrected chi connectivity index (χ4v) is 5.16. The van der Waals surface area contributed by atoms with Gasteiger partial charge in [-0.25, -0.2) is 0 Å². The van der Waals surface area contributed by atoms with Gasteiger partial charge >= 0.3 is 0 Å². The molecular formula is C14H18ClNS2. The lowest BCUT2D eigenvalue weighted by Gasteiger charge is -2.27. The summed E-state index contributed by atoms with van der Waals surface area (Å²) in [5, 5.41) is 5.44. The van der Waals surface area contributed by atoms with Crippen LogP contribution in [0.25, 0.3) is 0 Å². The van der Waals surface area contributed by atoms with Crippen LogP contribution in [0.1, 0.15) is 30.9 Å². The molecular weight excluding hydrogens is 282 g/mol. The molecule has 4 heteroatoms. The zero-order valence-electron chi connectivity index (χ0n) is 10.3. The third kappa shape index (κ3) is 3.01. The molecule has 0 saturated carbocycles. The van der Waals surface area contributed by atoms with Crippen LogP contribution < -0.4 is 5.32 Å². The van der Waals surface area contributed by atoms with Crippen LogP contribution in [-0.2, 0) is 0 Å². The molecule has 0 aromatic heterocycles. The summed E-state index contributed by atoms with van der Waals surface area (Å²) in [6.45, 7) is 1.14. The minimum Gasteiger partial charge on any atom is -0.309 e. The Bertz CT molecular complexity index is 418. The standard InChI is InChI=1S/C14H18ClNS2/c15-10-3-4-14-12(8-10)13(5-7-18-14)16-9-11-2-1-6-17-11/h3-4,8,11,13,16H,1-2,5-7,9H2. The van der Waals surface area contributed by atoms with E-state index in [-0.39, 0.29) is 0 Å². The van der Waals surface area contributed by atoms with E-state index in [1.807, 2.05) is 17.8 Å². The summed E-state index contributed by atoms with van der Waals surface area (Å²) in [4.78, 5) is 1.40. The van der Waals surface area contributed by atoms with Gasteiger partial charge in [0.25, 0.3) is 0 Å². The SMILES string of the molecule is Clc1ccc2c(c1)C(NCC1CCCS1)CCS2. The Kier molecular flexibility index (Phi) is 4.45. The predicted molar refractivity (Wildman–Crippen MR) is 83.0 cm³/mol. The second-order valence-corrected chi connectivity index (χ2v) is 7.90. The maximum Gasteiger partial charge on any atom is 0.0410 e. The highest BCUT2D eigenvalue weighted by atomic mass is 35.5. The van der Waals surface area contributed by atoms with Crippen LogP contribution in [0.5, 0.6) is 0 Å². The maximum atomic E-state index is 6.13. The van der Waals surface area contributed by atoms with E-state index in [4.69, 9.17) is 11.6 Å². The summed E-state index contributed by atoms with van der Waals surface area (Å²) in [7, 11) is 0. The Morgan fingerprint density at radius 3 is 3.06 bits per heavy atom. The summed E-state index contributed by atoms with van der Waals surface area (Å²) in [6.07, 6.45) is 3.98. The minimum atomic E-state index is 0.501. The summed E-state index contributed by atoms with van der Waals surface area (Å²) in [5.41, 5.74) is 1.40. The van der Waals surface area contributed by atoms with Crippen LogP contribution in [0.15, 0.2) is 23.1 Å². The highest BCUT2D eigenvalue weighted by molar-refractivity contribution is 8.00. The van der Waals surface area contributed by atoms with Gasteiger partial charge in [0.15, 0.2) is 0 Å². The fraction of sp³-hybridized carbons (Fsp3) is 0.571. The van der Waals surface area contributed by atoms with Gasteiger partial charge in [0, 0.05) is 27.8 Å². The van der Waals surface area contributed by atoms with Crippen molar-refractivity contribution in [2.45, 2.75) is 35.4 Å². The van der Waals surface area contributed by atoms with E-state index in [1.165, 1.54) is 41.2 Å². The molecule has 2 unspecified atom stereocenters. The third-order valence-electron chi connectivity index (χ3n) is 3.63. The first kappa shape index (κ1) is 13.2. The fourth-order valence-electron chi connectivity index (χ4n) is 2.66. The van der Waals surface area contributed by atoms with Crippen molar-refractivity contribution in [2.24, 2.45) is 0 Å². The monoisotopic (exact) mass is 299 g/mol. The predicted octanol–water partition coefficient (Wildman–Crippen LogP) is 4.36. The molecule has 0 bridgehead atoms. The van der Waals surface area contributed by atoms with Crippen molar-refractivity contribution in [3.63, 3.8) is 0 Å². The van der Waals surface area contributed by atoms with E-state index in [0.717, 1.165) is 16.8 Å². The summed E-state index contributed by atoms with van der Waals surface area (Å²) >= 11 is 10.2. The topological polar surface area (TPSA) is 12.0 Å². The van der Waals surface area contributed by atoms with Gasteiger partial charge in [-0.15, -0.1) is 11.8 Å². The number of halogens is 1. The van der Waals surface area contributed by atoms with Gasteiger partial charge in [0.2, 0.25) is 0 Å². The van der Waals surface area contributed by atoms with Crippen LogP contribution >= 0.6 is 35.1 Å². The summed E-state index contributed by atoms with van der Waals surface area (Å²) in [5.74, 6) is 2.55. The van der Waals surface area contributed by atoms with E-state index in [9.17, 15) is 0 Å². The van der Waals surface area contributed by atoms with Crippen molar-refractivity contribution in [1.82, 2.24) is 5.32 Å². The maximum absolute atomic E-state index is 6.13. The Hall–Kier alpha value is 0.170. The van der Waals surface area contributed by atoms with Crippen LogP contribution in [-0.4, -0.2) is 23.3 Å². The van der Waals surface area contributed by atoms with E-state index >= 15 is 0 Å². The van der Waals surface area contributed by atoms with Crippen LogP contribution in [0, 0.1) is 0 Å². The molecule has 2 aliphatic rings. The van der Waals surface area contributed by atoms with Crippen molar-refractivity contribution < 1.29 is 0 Å². The molecule has 2 aliphatic heterocycles. The van der Waals surface area contributed by atoms with Crippen molar-refractivity contribution in [2.75, 3.05) is 18.1 Å². The molecule has 0 spiro atoms. The van der Waals surface area contributed by atoms with E-state index in [2.05, 4.69) is 29.2 Å². The number of hydrogen-bond donors (Lipinski definition) is 1. The van der Waals surface area contributed by atoms with E-state index in [1.54, 1.807) is 0 Å². The first-order chi connectivity index (χ1) is 8.83. The largest absolute Gasteiger partial charge is 0.309 e. The molecule has 1 nitrogen and oxygen atoms in total. The van der Waals surface area contributed by atoms with Crippen LogP contribution in [0.3, 0.4) is 0 Å². The minimum absolute atomic E-state index is 0.501. The van der Waals surface area contributed by atoms with Gasteiger partial charge in [-0.3, -0.25) is 0 Å². The van der Waals surface area contributed by atoms with Gasteiger partial charge in [0.1, 0.15) is 0 Å². The second kappa shape index (κ2) is 6.08. The molecule has 18 heavy (non-hydrogen) atoms. The molecule has 98 valence electrons. The van der Waals surface area contributed by atoms with Gasteiger partial charge < -0.3 is 5.32 Å². The van der Waals surface area contributed by atoms with Crippen molar-refractivity contribution in [1.29, 1.82) is 0 Å². The quantitative estimate of drug-likeness (QED) is 0.890. The lowest BCUT2D eigenvalue weighted by molar-refractivity contribution is 0.504. The normalized spacial score (nSPS) is 27.2. The van der Waals surface area contributed by atoms with Gasteiger partial charge in [-0.2, -0.15) is 11.8 Å². The summed E-state index contributed by atoms with van der Waals surface area (Å²) < 4.78 is 0.